The number of phosphoric acid groups is 1. The van der Waals surface area contributed by atoms with E-state index in [0.717, 1.165) is 37.2 Å². The zero-order valence-corrected chi connectivity index (χ0v) is 30.8. The van der Waals surface area contributed by atoms with Gasteiger partial charge in [-0.3, -0.25) is 56.0 Å². The lowest BCUT2D eigenvalue weighted by molar-refractivity contribution is -0.0746. The molecule has 12 N–H and O–H groups in total. The molecule has 59 heavy (non-hydrogen) atoms. The number of nitrogens with zero attached hydrogens (tertiary/aromatic N) is 6. The molecule has 29 heteroatoms. The summed E-state index contributed by atoms with van der Waals surface area (Å²) in [6.45, 7) is -2.88. The van der Waals surface area contributed by atoms with Crippen molar-refractivity contribution in [1.29, 1.82) is 0 Å². The van der Waals surface area contributed by atoms with Gasteiger partial charge in [0, 0.05) is 37.2 Å². The molecule has 320 valence electrons. The Morgan fingerprint density at radius 1 is 0.542 bits per heavy atom. The van der Waals surface area contributed by atoms with Crippen molar-refractivity contribution in [2.75, 3.05) is 19.8 Å². The van der Waals surface area contributed by atoms with E-state index in [4.69, 9.17) is 45.0 Å². The maximum Gasteiger partial charge on any atom is 0.475 e. The summed E-state index contributed by atoms with van der Waals surface area (Å²) in [7, 11) is -5.12. The molecule has 0 unspecified atom stereocenters. The topological polar surface area (TPSA) is 428 Å². The van der Waals surface area contributed by atoms with Crippen molar-refractivity contribution >= 4 is 25.5 Å². The second-order valence-electron chi connectivity index (χ2n) is 13.0. The number of carbonyl (C=O) groups excluding carboxylic acids is 3. The first kappa shape index (κ1) is 43.4. The third-order valence-corrected chi connectivity index (χ3v) is 10.7. The van der Waals surface area contributed by atoms with E-state index in [2.05, 4.69) is 15.0 Å². The molecule has 0 bridgehead atoms. The van der Waals surface area contributed by atoms with Gasteiger partial charge in [0.2, 0.25) is 0 Å². The molecule has 6 rings (SSSR count). The molecule has 28 nitrogen and oxygen atoms in total. The molecule has 0 spiro atoms. The minimum atomic E-state index is -5.12. The molecule has 12 atom stereocenters. The van der Waals surface area contributed by atoms with Crippen molar-refractivity contribution in [1.82, 2.24) is 28.7 Å². The van der Waals surface area contributed by atoms with Gasteiger partial charge in [0.25, 0.3) is 34.4 Å². The first-order valence-electron chi connectivity index (χ1n) is 17.0. The van der Waals surface area contributed by atoms with Crippen LogP contribution in [-0.4, -0.2) is 152 Å². The number of aliphatic hydroxyl groups is 6. The highest BCUT2D eigenvalue weighted by Crippen LogP contribution is 2.51. The van der Waals surface area contributed by atoms with E-state index in [-0.39, 0.29) is 0 Å². The van der Waals surface area contributed by atoms with Gasteiger partial charge in [-0.05, 0) is 0 Å². The van der Waals surface area contributed by atoms with Crippen LogP contribution in [0.2, 0.25) is 0 Å². The normalized spacial score (nSPS) is 30.7. The van der Waals surface area contributed by atoms with Gasteiger partial charge in [-0.15, -0.1) is 0 Å². The second-order valence-corrected chi connectivity index (χ2v) is 14.7. The molecule has 0 saturated carbocycles. The smallest absolute Gasteiger partial charge is 0.387 e. The summed E-state index contributed by atoms with van der Waals surface area (Å²) >= 11 is 0. The van der Waals surface area contributed by atoms with Crippen LogP contribution in [0, 0.1) is 0 Å². The van der Waals surface area contributed by atoms with Gasteiger partial charge in [0.1, 0.15) is 54.9 Å². The van der Waals surface area contributed by atoms with Crippen molar-refractivity contribution < 1.29 is 77.4 Å². The van der Waals surface area contributed by atoms with Crippen molar-refractivity contribution in [3.63, 3.8) is 0 Å². The molecule has 0 aromatic carbocycles. The molecule has 3 saturated heterocycles. The van der Waals surface area contributed by atoms with E-state index in [9.17, 15) is 64.0 Å². The highest BCUT2D eigenvalue weighted by molar-refractivity contribution is 7.48. The Kier molecular flexibility index (Phi) is 12.6. The van der Waals surface area contributed by atoms with Gasteiger partial charge in [-0.2, -0.15) is 0 Å². The summed E-state index contributed by atoms with van der Waals surface area (Å²) in [5.41, 5.74) is 10.1. The largest absolute Gasteiger partial charge is 0.475 e. The summed E-state index contributed by atoms with van der Waals surface area (Å²) in [5.74, 6) is -3.61. The Hall–Kier alpha value is -5.20. The number of carbonyl (C=O) groups is 3. The van der Waals surface area contributed by atoms with E-state index < -0.39 is 153 Å². The molecule has 0 radical (unpaired) electrons. The molecule has 3 amide bonds. The summed E-state index contributed by atoms with van der Waals surface area (Å²) in [4.78, 5) is 84.0. The summed E-state index contributed by atoms with van der Waals surface area (Å²) in [5, 5.41) is 64.6. The zero-order valence-electron chi connectivity index (χ0n) is 29.9. The second kappa shape index (κ2) is 17.2. The van der Waals surface area contributed by atoms with Crippen LogP contribution in [0.5, 0.6) is 0 Å². The number of aromatic nitrogens is 6. The first-order chi connectivity index (χ1) is 27.8. The van der Waals surface area contributed by atoms with E-state index in [0.29, 0.717) is 13.7 Å². The van der Waals surface area contributed by atoms with Crippen molar-refractivity contribution in [3.8, 4) is 0 Å². The summed E-state index contributed by atoms with van der Waals surface area (Å²) < 4.78 is 49.3. The number of rotatable bonds is 15. The number of amides is 3. The minimum absolute atomic E-state index is 0.704. The lowest BCUT2D eigenvalue weighted by atomic mass is 10.1. The van der Waals surface area contributed by atoms with Gasteiger partial charge < -0.3 is 62.1 Å². The molecule has 0 aliphatic carbocycles. The SMILES string of the molecule is NC(=O)c1nccn([C@@H]2O[C@H](COP(=O)(OC[C@H]3O[C@@H](n4ccnc(C(N)=O)c4=O)[C@H](O)[C@@H]3O)OC[C@H]3O[C@@H](n4ccnc(C(N)=O)c4=O)[C@H](O)[C@@H]3O)[C@@H](O)[C@H]2O)c1=O. The standard InChI is InChI=1S/C30H36N9O19P/c31-22(46)13-25(49)37(4-1-34-13)28-19(43)16(40)10(56-28)7-53-59(52,54-8-11-17(41)20(44)29(57-11)38-5-2-35-14(23(32)47)26(38)50)55-9-12-18(42)21(45)30(58-12)39-6-3-36-15(24(33)48)27(39)51/h1-6,10-12,16-21,28-30,40-45H,7-9H2,(H2,31,46)(H2,32,47)(H2,33,48)/t10-,11-,12-,16-,17-,18-,19-,20-,21-,28-,29-,30-/m1/s1. The van der Waals surface area contributed by atoms with Crippen LogP contribution in [-0.2, 0) is 32.3 Å². The van der Waals surface area contributed by atoms with Crippen LogP contribution in [0.3, 0.4) is 0 Å². The number of hydrogen-bond acceptors (Lipinski definition) is 22. The molecule has 3 aromatic heterocycles. The average Bonchev–Trinajstić information content (AvgIpc) is 3.76. The van der Waals surface area contributed by atoms with Gasteiger partial charge in [0.15, 0.2) is 35.8 Å². The van der Waals surface area contributed by atoms with Gasteiger partial charge >= 0.3 is 7.82 Å². The lowest BCUT2D eigenvalue weighted by Gasteiger charge is -2.24. The number of nitrogens with two attached hydrogens (primary N) is 3. The fourth-order valence-corrected chi connectivity index (χ4v) is 7.49. The maximum absolute atomic E-state index is 14.2. The predicted octanol–water partition coefficient (Wildman–Crippen LogP) is -6.93. The Bertz CT molecular complexity index is 2070. The van der Waals surface area contributed by atoms with Gasteiger partial charge in [-0.1, -0.05) is 0 Å². The molecule has 6 heterocycles. The number of hydrogen-bond donors (Lipinski definition) is 9. The van der Waals surface area contributed by atoms with Crippen LogP contribution in [0.25, 0.3) is 0 Å². The molecular weight excluding hydrogens is 821 g/mol. The Labute approximate surface area is 327 Å². The highest BCUT2D eigenvalue weighted by Gasteiger charge is 2.50. The van der Waals surface area contributed by atoms with Crippen molar-refractivity contribution in [2.24, 2.45) is 17.2 Å². The van der Waals surface area contributed by atoms with Crippen LogP contribution in [0.1, 0.15) is 50.1 Å². The summed E-state index contributed by atoms with van der Waals surface area (Å²) in [6.07, 6.45) is -15.1. The van der Waals surface area contributed by atoms with Gasteiger partial charge in [-0.25, -0.2) is 19.5 Å². The fraction of sp³-hybridized carbons (Fsp3) is 0.500. The first-order valence-corrected chi connectivity index (χ1v) is 18.5. The Morgan fingerprint density at radius 3 is 1.03 bits per heavy atom. The van der Waals surface area contributed by atoms with Crippen molar-refractivity contribution in [3.05, 3.63) is 85.3 Å². The maximum atomic E-state index is 14.2. The minimum Gasteiger partial charge on any atom is -0.387 e. The van der Waals surface area contributed by atoms with Crippen molar-refractivity contribution in [2.45, 2.75) is 73.6 Å². The Balaban J connectivity index is 1.21. The quantitative estimate of drug-likeness (QED) is 0.0641. The van der Waals surface area contributed by atoms with Crippen LogP contribution >= 0.6 is 7.82 Å². The van der Waals surface area contributed by atoms with E-state index in [1.807, 2.05) is 0 Å². The number of ether oxygens (including phenoxy) is 3. The average molecular weight is 858 g/mol. The highest BCUT2D eigenvalue weighted by atomic mass is 31.2. The number of aliphatic hydroxyl groups excluding tert-OH is 6. The Morgan fingerprint density at radius 2 is 0.797 bits per heavy atom. The van der Waals surface area contributed by atoms with Gasteiger partial charge in [0.05, 0.1) is 19.8 Å². The molecule has 3 aliphatic heterocycles. The third-order valence-electron chi connectivity index (χ3n) is 9.33. The van der Waals surface area contributed by atoms with Crippen LogP contribution < -0.4 is 33.9 Å². The van der Waals surface area contributed by atoms with Crippen LogP contribution in [0.15, 0.2) is 51.6 Å². The fourth-order valence-electron chi connectivity index (χ4n) is 6.28. The predicted molar refractivity (Wildman–Crippen MR) is 184 cm³/mol. The molecule has 3 aliphatic rings. The zero-order chi connectivity index (χ0) is 43.1. The monoisotopic (exact) mass is 857 g/mol. The van der Waals surface area contributed by atoms with E-state index in [1.165, 1.54) is 0 Å². The van der Waals surface area contributed by atoms with Crippen LogP contribution in [0.4, 0.5) is 0 Å². The lowest BCUT2D eigenvalue weighted by Crippen LogP contribution is -2.38. The molecular formula is C30H36N9O19P. The molecule has 3 aromatic rings. The molecule has 3 fully saturated rings. The van der Waals surface area contributed by atoms with E-state index >= 15 is 0 Å². The number of primary amides is 3. The summed E-state index contributed by atoms with van der Waals surface area (Å²) in [6, 6.07) is 0. The third kappa shape index (κ3) is 8.47. The number of phosphoric ester groups is 1. The van der Waals surface area contributed by atoms with E-state index in [1.54, 1.807) is 0 Å².